The van der Waals surface area contributed by atoms with Crippen LogP contribution in [0.4, 0.5) is 0 Å². The van der Waals surface area contributed by atoms with Crippen molar-refractivity contribution in [2.45, 2.75) is 206 Å². The topological polar surface area (TPSA) is 60.7 Å². The molecule has 0 amide bonds. The Balaban J connectivity index is 0. The molecule has 226 valence electrons. The minimum Gasteiger partial charge on any atom is -0.397 e. The fraction of sp³-hybridized carbons (Fsp3) is 1.00. The Morgan fingerprint density at radius 2 is 0.649 bits per heavy atom. The number of unbranched alkanes of at least 4 members (excludes halogenated alkanes) is 7. The first-order chi connectivity index (χ1) is 18.2. The Morgan fingerprint density at radius 1 is 0.405 bits per heavy atom. The molecule has 1 saturated carbocycles. The largest absolute Gasteiger partial charge is 0.397 e. The Kier molecular flexibility index (Phi) is 40.1. The van der Waals surface area contributed by atoms with Crippen molar-refractivity contribution in [1.29, 1.82) is 0 Å². The lowest BCUT2D eigenvalue weighted by molar-refractivity contribution is 0.147. The molecule has 0 aromatic carbocycles. The van der Waals surface area contributed by atoms with Gasteiger partial charge >= 0.3 is 0 Å². The zero-order chi connectivity index (χ0) is 27.5. The van der Waals surface area contributed by atoms with Crippen LogP contribution in [-0.4, -0.2) is 34.6 Å². The monoisotopic (exact) mass is 529 g/mol. The number of rotatable bonds is 8. The van der Waals surface area contributed by atoms with Crippen LogP contribution in [0.25, 0.3) is 0 Å². The van der Waals surface area contributed by atoms with Crippen molar-refractivity contribution in [3.8, 4) is 0 Å². The van der Waals surface area contributed by atoms with Crippen molar-refractivity contribution < 1.29 is 15.3 Å². The van der Waals surface area contributed by atoms with Gasteiger partial charge in [-0.3, -0.25) is 0 Å². The molecule has 0 radical (unpaired) electrons. The third-order valence-electron chi connectivity index (χ3n) is 7.59. The average Bonchev–Trinajstić information content (AvgIpc) is 2.89. The highest BCUT2D eigenvalue weighted by molar-refractivity contribution is 4.58. The molecule has 3 heteroatoms. The molecule has 0 atom stereocenters. The first-order valence-corrected chi connectivity index (χ1v) is 17.1. The third kappa shape index (κ3) is 40.5. The number of aliphatic hydroxyl groups excluding tert-OH is 3. The molecule has 0 aromatic heterocycles. The first-order valence-electron chi connectivity index (χ1n) is 17.1. The van der Waals surface area contributed by atoms with E-state index in [0.717, 1.165) is 19.3 Å². The van der Waals surface area contributed by atoms with Crippen LogP contribution in [0, 0.1) is 0 Å². The van der Waals surface area contributed by atoms with Crippen LogP contribution in [0.3, 0.4) is 0 Å². The highest BCUT2D eigenvalue weighted by Gasteiger charge is 2.04. The molecular formula is C34H72O3. The minimum absolute atomic E-state index is 0.0205. The van der Waals surface area contributed by atoms with Gasteiger partial charge in [0.05, 0.1) is 6.10 Å². The van der Waals surface area contributed by atoms with Crippen molar-refractivity contribution in [3.63, 3.8) is 0 Å². The lowest BCUT2D eigenvalue weighted by atomic mass is 10.0. The molecule has 37 heavy (non-hydrogen) atoms. The molecule has 1 aliphatic rings. The summed E-state index contributed by atoms with van der Waals surface area (Å²) in [6, 6.07) is 0. The molecule has 3 nitrogen and oxygen atoms in total. The maximum Gasteiger partial charge on any atom is 0.0540 e. The SMILES string of the molecule is CCCCCCCCCCO.CCO.OC1CCCCCCCCCCCCCCCCCCCCC1. The Hall–Kier alpha value is -0.120. The maximum absolute atomic E-state index is 10.0. The van der Waals surface area contributed by atoms with Gasteiger partial charge in [0.25, 0.3) is 0 Å². The van der Waals surface area contributed by atoms with E-state index in [2.05, 4.69) is 6.92 Å². The lowest BCUT2D eigenvalue weighted by Gasteiger charge is -2.10. The Bertz CT molecular complexity index is 331. The molecule has 0 aliphatic heterocycles. The summed E-state index contributed by atoms with van der Waals surface area (Å²) in [5, 5.41) is 26.1. The molecule has 0 heterocycles. The molecule has 0 saturated heterocycles. The van der Waals surface area contributed by atoms with E-state index in [1.807, 2.05) is 0 Å². The second-order valence-corrected chi connectivity index (χ2v) is 11.5. The van der Waals surface area contributed by atoms with Gasteiger partial charge in [0, 0.05) is 13.2 Å². The van der Waals surface area contributed by atoms with Gasteiger partial charge in [-0.2, -0.15) is 0 Å². The molecule has 0 spiro atoms. The van der Waals surface area contributed by atoms with Crippen LogP contribution in [0.15, 0.2) is 0 Å². The second kappa shape index (κ2) is 38.0. The van der Waals surface area contributed by atoms with Gasteiger partial charge in [-0.15, -0.1) is 0 Å². The summed E-state index contributed by atoms with van der Waals surface area (Å²) in [6.07, 6.45) is 39.2. The Labute approximate surface area is 234 Å². The van der Waals surface area contributed by atoms with E-state index in [1.165, 1.54) is 167 Å². The van der Waals surface area contributed by atoms with E-state index < -0.39 is 0 Å². The predicted octanol–water partition coefficient (Wildman–Crippen LogP) is 10.7. The van der Waals surface area contributed by atoms with Gasteiger partial charge < -0.3 is 15.3 Å². The molecule has 1 rings (SSSR count). The molecule has 1 fully saturated rings. The summed E-state index contributed by atoms with van der Waals surface area (Å²) in [7, 11) is 0. The van der Waals surface area contributed by atoms with Gasteiger partial charge in [0.2, 0.25) is 0 Å². The van der Waals surface area contributed by atoms with Crippen LogP contribution in [0.5, 0.6) is 0 Å². The van der Waals surface area contributed by atoms with E-state index in [1.54, 1.807) is 6.92 Å². The number of aliphatic hydroxyl groups is 3. The first kappa shape index (κ1) is 39.0. The fourth-order valence-electron chi connectivity index (χ4n) is 5.16. The molecule has 0 aromatic rings. The summed E-state index contributed by atoms with van der Waals surface area (Å²) in [4.78, 5) is 0. The van der Waals surface area contributed by atoms with Crippen LogP contribution >= 0.6 is 0 Å². The zero-order valence-electron chi connectivity index (χ0n) is 25.8. The highest BCUT2D eigenvalue weighted by Crippen LogP contribution is 2.17. The summed E-state index contributed by atoms with van der Waals surface area (Å²) >= 11 is 0. The smallest absolute Gasteiger partial charge is 0.0540 e. The summed E-state index contributed by atoms with van der Waals surface area (Å²) in [5.41, 5.74) is 0. The maximum atomic E-state index is 10.0. The fourth-order valence-corrected chi connectivity index (χ4v) is 5.16. The zero-order valence-corrected chi connectivity index (χ0v) is 25.8. The highest BCUT2D eigenvalue weighted by atomic mass is 16.3. The number of hydrogen-bond acceptors (Lipinski definition) is 3. The van der Waals surface area contributed by atoms with Crippen LogP contribution in [0.1, 0.15) is 200 Å². The molecule has 0 unspecified atom stereocenters. The second-order valence-electron chi connectivity index (χ2n) is 11.5. The van der Waals surface area contributed by atoms with Gasteiger partial charge in [0.15, 0.2) is 0 Å². The number of hydrogen-bond donors (Lipinski definition) is 3. The predicted molar refractivity (Wildman–Crippen MR) is 165 cm³/mol. The van der Waals surface area contributed by atoms with Crippen molar-refractivity contribution in [2.24, 2.45) is 0 Å². The quantitative estimate of drug-likeness (QED) is 0.274. The summed E-state index contributed by atoms with van der Waals surface area (Å²) in [6.45, 7) is 4.54. The third-order valence-corrected chi connectivity index (χ3v) is 7.59. The molecule has 1 aliphatic carbocycles. The van der Waals surface area contributed by atoms with Crippen LogP contribution < -0.4 is 0 Å². The van der Waals surface area contributed by atoms with E-state index in [4.69, 9.17) is 10.2 Å². The van der Waals surface area contributed by atoms with Gasteiger partial charge in [-0.05, 0) is 26.2 Å². The van der Waals surface area contributed by atoms with Crippen LogP contribution in [0.2, 0.25) is 0 Å². The van der Waals surface area contributed by atoms with E-state index in [-0.39, 0.29) is 12.7 Å². The van der Waals surface area contributed by atoms with E-state index in [9.17, 15) is 5.11 Å². The molecular weight excluding hydrogens is 456 g/mol. The van der Waals surface area contributed by atoms with Crippen molar-refractivity contribution in [1.82, 2.24) is 0 Å². The van der Waals surface area contributed by atoms with Crippen molar-refractivity contribution in [2.75, 3.05) is 13.2 Å². The van der Waals surface area contributed by atoms with Gasteiger partial charge in [-0.1, -0.05) is 174 Å². The summed E-state index contributed by atoms with van der Waals surface area (Å²) < 4.78 is 0. The normalized spacial score (nSPS) is 18.7. The van der Waals surface area contributed by atoms with Crippen molar-refractivity contribution in [3.05, 3.63) is 0 Å². The minimum atomic E-state index is -0.0205. The summed E-state index contributed by atoms with van der Waals surface area (Å²) in [5.74, 6) is 0. The lowest BCUT2D eigenvalue weighted by Crippen LogP contribution is -2.05. The molecule has 0 bridgehead atoms. The average molecular weight is 529 g/mol. The van der Waals surface area contributed by atoms with Crippen LogP contribution in [-0.2, 0) is 0 Å². The standard InChI is InChI=1S/C22H44O.C10H22O.C2H6O/c23-22-20-18-16-14-12-10-8-6-4-2-1-3-5-7-9-11-13-15-17-19-21-22;1-2-3-4-5-6-7-8-9-10-11;1-2-3/h22-23H,1-21H2;11H,2-10H2,1H3;3H,2H2,1H3. The van der Waals surface area contributed by atoms with Gasteiger partial charge in [0.1, 0.15) is 0 Å². The van der Waals surface area contributed by atoms with E-state index >= 15 is 0 Å². The molecule has 3 N–H and O–H groups in total. The van der Waals surface area contributed by atoms with E-state index in [0.29, 0.717) is 6.61 Å². The Morgan fingerprint density at radius 3 is 0.919 bits per heavy atom. The van der Waals surface area contributed by atoms with Gasteiger partial charge in [-0.25, -0.2) is 0 Å². The van der Waals surface area contributed by atoms with Crippen molar-refractivity contribution >= 4 is 0 Å².